The van der Waals surface area contributed by atoms with Crippen molar-refractivity contribution in [3.8, 4) is 5.75 Å². The fraction of sp³-hybridized carbons (Fsp3) is 0.125. The summed E-state index contributed by atoms with van der Waals surface area (Å²) in [5, 5.41) is 19.6. The number of nitrogens with zero attached hydrogens (tertiary/aromatic N) is 1. The summed E-state index contributed by atoms with van der Waals surface area (Å²) < 4.78 is 0. The molecule has 0 aliphatic rings. The van der Waals surface area contributed by atoms with Gasteiger partial charge in [-0.15, -0.1) is 0 Å². The van der Waals surface area contributed by atoms with Crippen molar-refractivity contribution in [2.75, 3.05) is 0 Å². The van der Waals surface area contributed by atoms with Gasteiger partial charge in [0.2, 0.25) is 11.2 Å². The second-order valence-electron chi connectivity index (χ2n) is 2.53. The van der Waals surface area contributed by atoms with Gasteiger partial charge in [0, 0.05) is 5.56 Å². The molecule has 0 aromatic heterocycles. The first-order valence-corrected chi connectivity index (χ1v) is 3.51. The van der Waals surface area contributed by atoms with E-state index in [1.165, 1.54) is 19.1 Å². The molecule has 68 valence electrons. The van der Waals surface area contributed by atoms with Gasteiger partial charge < -0.3 is 5.11 Å². The van der Waals surface area contributed by atoms with Gasteiger partial charge in [0.15, 0.2) is 0 Å². The van der Waals surface area contributed by atoms with E-state index in [1.807, 2.05) is 0 Å². The van der Waals surface area contributed by atoms with Crippen molar-refractivity contribution in [1.82, 2.24) is 0 Å². The molecule has 0 bridgehead atoms. The highest BCUT2D eigenvalue weighted by Gasteiger charge is 2.17. The quantitative estimate of drug-likeness (QED) is 0.517. The molecule has 0 saturated heterocycles. The third kappa shape index (κ3) is 1.64. The molecule has 0 fully saturated rings. The van der Waals surface area contributed by atoms with Crippen LogP contribution in [-0.2, 0) is 0 Å². The van der Waals surface area contributed by atoms with E-state index in [0.29, 0.717) is 0 Å². The maximum atomic E-state index is 10.9. The Morgan fingerprint density at radius 3 is 2.62 bits per heavy atom. The Kier molecular flexibility index (Phi) is 2.27. The van der Waals surface area contributed by atoms with Crippen LogP contribution in [0.4, 0.5) is 5.69 Å². The van der Waals surface area contributed by atoms with Crippen LogP contribution in [0.15, 0.2) is 23.0 Å². The second-order valence-corrected chi connectivity index (χ2v) is 2.53. The molecular formula is C8H7NO4. The minimum Gasteiger partial charge on any atom is -0.499 e. The third-order valence-electron chi connectivity index (χ3n) is 1.61. The fourth-order valence-corrected chi connectivity index (χ4v) is 0.972. The summed E-state index contributed by atoms with van der Waals surface area (Å²) in [5.41, 5.74) is -1.03. The predicted octanol–water partition coefficient (Wildman–Crippen LogP) is 0.969. The standard InChI is InChI=1S/C8H7NO4/c1-5-3-2-4-6(10)8(11)7(5)9(12)13/h2-4H,1H3,(H,10,11). The average Bonchev–Trinajstić information content (AvgIpc) is 2.13. The SMILES string of the molecule is Cc1cccc(=O)c(O)c1[N+](=O)[O-]. The molecule has 0 unspecified atom stereocenters. The molecule has 5 heteroatoms. The zero-order chi connectivity index (χ0) is 10.0. The van der Waals surface area contributed by atoms with Gasteiger partial charge in [0.1, 0.15) is 0 Å². The van der Waals surface area contributed by atoms with E-state index >= 15 is 0 Å². The van der Waals surface area contributed by atoms with Crippen LogP contribution in [-0.4, -0.2) is 10.0 Å². The van der Waals surface area contributed by atoms with Crippen molar-refractivity contribution in [3.63, 3.8) is 0 Å². The van der Waals surface area contributed by atoms with Crippen LogP contribution in [0.25, 0.3) is 0 Å². The van der Waals surface area contributed by atoms with E-state index < -0.39 is 21.8 Å². The predicted molar refractivity (Wildman–Crippen MR) is 45.8 cm³/mol. The lowest BCUT2D eigenvalue weighted by molar-refractivity contribution is -0.386. The zero-order valence-electron chi connectivity index (χ0n) is 6.85. The summed E-state index contributed by atoms with van der Waals surface area (Å²) in [4.78, 5) is 20.6. The zero-order valence-corrected chi connectivity index (χ0v) is 6.85. The maximum absolute atomic E-state index is 10.9. The Hall–Kier alpha value is -1.91. The van der Waals surface area contributed by atoms with Gasteiger partial charge in [-0.05, 0) is 13.0 Å². The molecule has 1 aromatic rings. The molecule has 0 radical (unpaired) electrons. The highest BCUT2D eigenvalue weighted by atomic mass is 16.6. The Morgan fingerprint density at radius 1 is 1.46 bits per heavy atom. The van der Waals surface area contributed by atoms with E-state index in [4.69, 9.17) is 5.11 Å². The van der Waals surface area contributed by atoms with Crippen LogP contribution in [0.2, 0.25) is 0 Å². The van der Waals surface area contributed by atoms with Gasteiger partial charge in [0.05, 0.1) is 4.92 Å². The topological polar surface area (TPSA) is 80.4 Å². The van der Waals surface area contributed by atoms with E-state index in [0.717, 1.165) is 6.07 Å². The van der Waals surface area contributed by atoms with Crippen LogP contribution < -0.4 is 5.43 Å². The van der Waals surface area contributed by atoms with Gasteiger partial charge in [-0.3, -0.25) is 14.9 Å². The molecule has 0 spiro atoms. The molecule has 1 aromatic carbocycles. The molecular weight excluding hydrogens is 174 g/mol. The summed E-state index contributed by atoms with van der Waals surface area (Å²) in [7, 11) is 0. The first kappa shape index (κ1) is 9.18. The largest absolute Gasteiger partial charge is 0.499 e. The van der Waals surface area contributed by atoms with Crippen molar-refractivity contribution in [2.24, 2.45) is 0 Å². The Balaban J connectivity index is 3.68. The molecule has 0 aliphatic carbocycles. The number of nitro groups is 1. The van der Waals surface area contributed by atoms with Crippen molar-refractivity contribution in [2.45, 2.75) is 6.92 Å². The van der Waals surface area contributed by atoms with E-state index in [-0.39, 0.29) is 5.56 Å². The van der Waals surface area contributed by atoms with Crippen molar-refractivity contribution < 1.29 is 10.0 Å². The van der Waals surface area contributed by atoms with E-state index in [9.17, 15) is 14.9 Å². The normalized spacial score (nSPS) is 9.62. The first-order valence-electron chi connectivity index (χ1n) is 3.51. The Morgan fingerprint density at radius 2 is 2.08 bits per heavy atom. The summed E-state index contributed by atoms with van der Waals surface area (Å²) in [6.45, 7) is 1.46. The summed E-state index contributed by atoms with van der Waals surface area (Å²) >= 11 is 0. The molecule has 0 aliphatic heterocycles. The van der Waals surface area contributed by atoms with Crippen molar-refractivity contribution >= 4 is 5.69 Å². The van der Waals surface area contributed by atoms with E-state index in [2.05, 4.69) is 0 Å². The summed E-state index contributed by atoms with van der Waals surface area (Å²) in [5.74, 6) is -0.812. The average molecular weight is 181 g/mol. The Labute approximate surface area is 73.4 Å². The maximum Gasteiger partial charge on any atom is 0.317 e. The first-order chi connectivity index (χ1) is 6.04. The fourth-order valence-electron chi connectivity index (χ4n) is 0.972. The van der Waals surface area contributed by atoms with Crippen LogP contribution in [0.5, 0.6) is 5.75 Å². The smallest absolute Gasteiger partial charge is 0.317 e. The molecule has 1 N–H and O–H groups in total. The summed E-state index contributed by atoms with van der Waals surface area (Å²) in [6, 6.07) is 3.85. The van der Waals surface area contributed by atoms with Crippen LogP contribution in [0.1, 0.15) is 5.56 Å². The molecule has 0 heterocycles. The number of aromatic hydroxyl groups is 1. The van der Waals surface area contributed by atoms with Crippen molar-refractivity contribution in [1.29, 1.82) is 0 Å². The van der Waals surface area contributed by atoms with Crippen LogP contribution in [0, 0.1) is 17.0 Å². The molecule has 0 atom stereocenters. The lowest BCUT2D eigenvalue weighted by Gasteiger charge is -1.92. The Bertz CT molecular complexity index is 413. The number of hydrogen-bond donors (Lipinski definition) is 1. The number of rotatable bonds is 1. The third-order valence-corrected chi connectivity index (χ3v) is 1.61. The number of aryl methyl sites for hydroxylation is 1. The number of hydrogen-bond acceptors (Lipinski definition) is 4. The van der Waals surface area contributed by atoms with Gasteiger partial charge in [0.25, 0.3) is 0 Å². The lowest BCUT2D eigenvalue weighted by Crippen LogP contribution is -1.98. The van der Waals surface area contributed by atoms with Gasteiger partial charge in [-0.1, -0.05) is 12.1 Å². The van der Waals surface area contributed by atoms with Gasteiger partial charge >= 0.3 is 5.69 Å². The van der Waals surface area contributed by atoms with Gasteiger partial charge in [-0.2, -0.15) is 0 Å². The van der Waals surface area contributed by atoms with Gasteiger partial charge in [-0.25, -0.2) is 0 Å². The molecule has 0 amide bonds. The molecule has 1 rings (SSSR count). The lowest BCUT2D eigenvalue weighted by atomic mass is 10.2. The molecule has 5 nitrogen and oxygen atoms in total. The monoisotopic (exact) mass is 181 g/mol. The highest BCUT2D eigenvalue weighted by molar-refractivity contribution is 5.49. The second kappa shape index (κ2) is 3.22. The highest BCUT2D eigenvalue weighted by Crippen LogP contribution is 2.23. The molecule has 0 saturated carbocycles. The minimum atomic E-state index is -0.812. The van der Waals surface area contributed by atoms with Crippen molar-refractivity contribution in [3.05, 3.63) is 44.1 Å². The van der Waals surface area contributed by atoms with Crippen LogP contribution >= 0.6 is 0 Å². The summed E-state index contributed by atoms with van der Waals surface area (Å²) in [6.07, 6.45) is 0. The van der Waals surface area contributed by atoms with Crippen LogP contribution in [0.3, 0.4) is 0 Å². The van der Waals surface area contributed by atoms with E-state index in [1.54, 1.807) is 0 Å². The minimum absolute atomic E-state index is 0.254. The molecule has 13 heavy (non-hydrogen) atoms.